The van der Waals surface area contributed by atoms with Gasteiger partial charge in [-0.25, -0.2) is 0 Å². The van der Waals surface area contributed by atoms with Crippen molar-refractivity contribution < 1.29 is 9.59 Å². The summed E-state index contributed by atoms with van der Waals surface area (Å²) in [7, 11) is 0. The Morgan fingerprint density at radius 2 is 2.00 bits per heavy atom. The van der Waals surface area contributed by atoms with Gasteiger partial charge >= 0.3 is 0 Å². The maximum absolute atomic E-state index is 12.0. The minimum Gasteiger partial charge on any atom is -0.311 e. The molecule has 2 rings (SSSR count). The summed E-state index contributed by atoms with van der Waals surface area (Å²) in [6.07, 6.45) is 0. The number of benzene rings is 1. The Morgan fingerprint density at radius 1 is 1.30 bits per heavy atom. The van der Waals surface area contributed by atoms with Crippen molar-refractivity contribution >= 4 is 11.8 Å². The summed E-state index contributed by atoms with van der Waals surface area (Å²) in [6, 6.07) is 9.44. The van der Waals surface area contributed by atoms with E-state index in [1.54, 1.807) is 24.3 Å². The zero-order valence-corrected chi connectivity index (χ0v) is 11.9. The number of rotatable bonds is 3. The maximum atomic E-state index is 12.0. The SMILES string of the molecule is CC1CN(CC(=O)NC(=O)c2ccccc2)C(C)CN1. The Balaban J connectivity index is 1.87. The van der Waals surface area contributed by atoms with E-state index in [4.69, 9.17) is 0 Å². The van der Waals surface area contributed by atoms with Gasteiger partial charge in [-0.2, -0.15) is 0 Å². The summed E-state index contributed by atoms with van der Waals surface area (Å²) in [5.41, 5.74) is 0.502. The fourth-order valence-corrected chi connectivity index (χ4v) is 2.33. The Kier molecular flexibility index (Phi) is 4.87. The average molecular weight is 275 g/mol. The Labute approximate surface area is 119 Å². The molecule has 5 nitrogen and oxygen atoms in total. The summed E-state index contributed by atoms with van der Waals surface area (Å²) in [5.74, 6) is -0.591. The number of carbonyl (C=O) groups excluding carboxylic acids is 2. The first-order valence-electron chi connectivity index (χ1n) is 6.93. The van der Waals surface area contributed by atoms with Gasteiger partial charge in [-0.1, -0.05) is 18.2 Å². The first-order chi connectivity index (χ1) is 9.56. The zero-order valence-electron chi connectivity index (χ0n) is 11.9. The monoisotopic (exact) mass is 275 g/mol. The average Bonchev–Trinajstić information content (AvgIpc) is 2.43. The predicted octanol–water partition coefficient (Wildman–Crippen LogP) is 0.625. The highest BCUT2D eigenvalue weighted by atomic mass is 16.2. The molecule has 0 bridgehead atoms. The van der Waals surface area contributed by atoms with Crippen molar-refractivity contribution in [3.8, 4) is 0 Å². The molecule has 1 aliphatic heterocycles. The van der Waals surface area contributed by atoms with Crippen LogP contribution in [-0.4, -0.2) is 48.4 Å². The highest BCUT2D eigenvalue weighted by Gasteiger charge is 2.24. The molecule has 1 fully saturated rings. The molecule has 2 unspecified atom stereocenters. The van der Waals surface area contributed by atoms with E-state index in [-0.39, 0.29) is 18.4 Å². The van der Waals surface area contributed by atoms with Crippen molar-refractivity contribution in [3.63, 3.8) is 0 Å². The Morgan fingerprint density at radius 3 is 2.70 bits per heavy atom. The highest BCUT2D eigenvalue weighted by molar-refractivity contribution is 6.05. The molecule has 1 aliphatic rings. The lowest BCUT2D eigenvalue weighted by molar-refractivity contribution is -0.122. The Hall–Kier alpha value is -1.72. The normalized spacial score (nSPS) is 23.3. The second kappa shape index (κ2) is 6.63. The summed E-state index contributed by atoms with van der Waals surface area (Å²) < 4.78 is 0. The molecule has 0 saturated carbocycles. The maximum Gasteiger partial charge on any atom is 0.257 e. The predicted molar refractivity (Wildman–Crippen MR) is 77.4 cm³/mol. The van der Waals surface area contributed by atoms with Crippen molar-refractivity contribution in [1.29, 1.82) is 0 Å². The van der Waals surface area contributed by atoms with Crippen molar-refractivity contribution in [2.24, 2.45) is 0 Å². The van der Waals surface area contributed by atoms with Crippen LogP contribution in [0.25, 0.3) is 0 Å². The van der Waals surface area contributed by atoms with Crippen LogP contribution in [0.1, 0.15) is 24.2 Å². The number of nitrogens with one attached hydrogen (secondary N) is 2. The highest BCUT2D eigenvalue weighted by Crippen LogP contribution is 2.06. The van der Waals surface area contributed by atoms with Crippen LogP contribution >= 0.6 is 0 Å². The van der Waals surface area contributed by atoms with Crippen molar-refractivity contribution in [2.75, 3.05) is 19.6 Å². The van der Waals surface area contributed by atoms with Crippen LogP contribution in [0.2, 0.25) is 0 Å². The third-order valence-electron chi connectivity index (χ3n) is 3.53. The number of piperazine rings is 1. The molecule has 2 N–H and O–H groups in total. The second-order valence-corrected chi connectivity index (χ2v) is 5.33. The van der Waals surface area contributed by atoms with Crippen LogP contribution in [-0.2, 0) is 4.79 Å². The lowest BCUT2D eigenvalue weighted by Gasteiger charge is -2.36. The molecular weight excluding hydrogens is 254 g/mol. The minimum absolute atomic E-state index is 0.250. The van der Waals surface area contributed by atoms with E-state index in [2.05, 4.69) is 29.4 Å². The number of carbonyl (C=O) groups is 2. The minimum atomic E-state index is -0.341. The van der Waals surface area contributed by atoms with Gasteiger partial charge in [-0.3, -0.25) is 19.8 Å². The van der Waals surface area contributed by atoms with Crippen LogP contribution in [0.4, 0.5) is 0 Å². The van der Waals surface area contributed by atoms with E-state index >= 15 is 0 Å². The number of amides is 2. The number of hydrogen-bond donors (Lipinski definition) is 2. The van der Waals surface area contributed by atoms with Crippen LogP contribution in [0.5, 0.6) is 0 Å². The molecule has 20 heavy (non-hydrogen) atoms. The zero-order chi connectivity index (χ0) is 14.5. The first-order valence-corrected chi connectivity index (χ1v) is 6.93. The lowest BCUT2D eigenvalue weighted by Crippen LogP contribution is -2.56. The molecule has 2 amide bonds. The van der Waals surface area contributed by atoms with Gasteiger partial charge in [0, 0.05) is 30.7 Å². The summed E-state index contributed by atoms with van der Waals surface area (Å²) in [5, 5.41) is 5.80. The standard InChI is InChI=1S/C15H21N3O2/c1-11-9-18(12(2)8-16-11)10-14(19)17-15(20)13-6-4-3-5-7-13/h3-7,11-12,16H,8-10H2,1-2H3,(H,17,19,20). The fourth-order valence-electron chi connectivity index (χ4n) is 2.33. The molecule has 2 atom stereocenters. The van der Waals surface area contributed by atoms with Crippen LogP contribution in [0, 0.1) is 0 Å². The number of nitrogens with zero attached hydrogens (tertiary/aromatic N) is 1. The molecule has 1 heterocycles. The quantitative estimate of drug-likeness (QED) is 0.849. The Bertz CT molecular complexity index is 475. The van der Waals surface area contributed by atoms with Crippen molar-refractivity contribution in [3.05, 3.63) is 35.9 Å². The molecule has 1 aromatic rings. The number of hydrogen-bond acceptors (Lipinski definition) is 4. The van der Waals surface area contributed by atoms with Crippen LogP contribution < -0.4 is 10.6 Å². The largest absolute Gasteiger partial charge is 0.311 e. The topological polar surface area (TPSA) is 61.4 Å². The van der Waals surface area contributed by atoms with E-state index < -0.39 is 0 Å². The van der Waals surface area contributed by atoms with E-state index in [0.29, 0.717) is 17.6 Å². The smallest absolute Gasteiger partial charge is 0.257 e. The summed E-state index contributed by atoms with van der Waals surface area (Å²) in [4.78, 5) is 25.9. The third-order valence-corrected chi connectivity index (χ3v) is 3.53. The van der Waals surface area contributed by atoms with Crippen molar-refractivity contribution in [2.45, 2.75) is 25.9 Å². The third kappa shape index (κ3) is 3.88. The van der Waals surface area contributed by atoms with Gasteiger partial charge < -0.3 is 5.32 Å². The summed E-state index contributed by atoms with van der Waals surface area (Å²) in [6.45, 7) is 6.10. The lowest BCUT2D eigenvalue weighted by atomic mass is 10.1. The van der Waals surface area contributed by atoms with Gasteiger partial charge in [0.15, 0.2) is 0 Å². The number of imide groups is 1. The summed E-state index contributed by atoms with van der Waals surface area (Å²) >= 11 is 0. The molecule has 0 radical (unpaired) electrons. The van der Waals surface area contributed by atoms with Crippen LogP contribution in [0.3, 0.4) is 0 Å². The van der Waals surface area contributed by atoms with Crippen LogP contribution in [0.15, 0.2) is 30.3 Å². The molecule has 5 heteroatoms. The molecule has 1 aromatic carbocycles. The second-order valence-electron chi connectivity index (χ2n) is 5.33. The van der Waals surface area contributed by atoms with Gasteiger partial charge in [0.1, 0.15) is 0 Å². The van der Waals surface area contributed by atoms with E-state index in [0.717, 1.165) is 13.1 Å². The van der Waals surface area contributed by atoms with E-state index in [9.17, 15) is 9.59 Å². The molecule has 0 spiro atoms. The fraction of sp³-hybridized carbons (Fsp3) is 0.467. The van der Waals surface area contributed by atoms with Crippen molar-refractivity contribution in [1.82, 2.24) is 15.5 Å². The van der Waals surface area contributed by atoms with Gasteiger partial charge in [-0.05, 0) is 26.0 Å². The van der Waals surface area contributed by atoms with Gasteiger partial charge in [0.25, 0.3) is 5.91 Å². The van der Waals surface area contributed by atoms with Gasteiger partial charge in [-0.15, -0.1) is 0 Å². The molecule has 1 saturated heterocycles. The van der Waals surface area contributed by atoms with Gasteiger partial charge in [0.2, 0.25) is 5.91 Å². The molecule has 108 valence electrons. The van der Waals surface area contributed by atoms with E-state index in [1.165, 1.54) is 0 Å². The molecular formula is C15H21N3O2. The molecule has 0 aliphatic carbocycles. The van der Waals surface area contributed by atoms with E-state index in [1.807, 2.05) is 6.07 Å². The first kappa shape index (κ1) is 14.7. The van der Waals surface area contributed by atoms with Gasteiger partial charge in [0.05, 0.1) is 6.54 Å². The molecule has 0 aromatic heterocycles.